The molecular formula is C13H21F3N2. The highest BCUT2D eigenvalue weighted by molar-refractivity contribution is 5.81. The number of hydrogen-bond acceptors (Lipinski definition) is 1. The van der Waals surface area contributed by atoms with E-state index in [9.17, 15) is 13.2 Å². The van der Waals surface area contributed by atoms with Crippen molar-refractivity contribution in [1.82, 2.24) is 4.90 Å². The molecule has 0 bridgehead atoms. The minimum Gasteiger partial charge on any atom is -0.360 e. The lowest BCUT2D eigenvalue weighted by Gasteiger charge is -2.38. The van der Waals surface area contributed by atoms with Crippen molar-refractivity contribution in [3.63, 3.8) is 0 Å². The third-order valence-corrected chi connectivity index (χ3v) is 4.22. The fourth-order valence-electron chi connectivity index (χ4n) is 3.10. The molecule has 2 fully saturated rings. The van der Waals surface area contributed by atoms with Crippen molar-refractivity contribution in [3.05, 3.63) is 0 Å². The van der Waals surface area contributed by atoms with Gasteiger partial charge < -0.3 is 4.90 Å². The molecule has 0 radical (unpaired) electrons. The Balaban J connectivity index is 1.93. The largest absolute Gasteiger partial charge is 0.393 e. The summed E-state index contributed by atoms with van der Waals surface area (Å²) in [6, 6.07) is 0. The molecular weight excluding hydrogens is 241 g/mol. The first-order valence-corrected chi connectivity index (χ1v) is 6.88. The van der Waals surface area contributed by atoms with E-state index in [0.717, 1.165) is 25.7 Å². The van der Waals surface area contributed by atoms with Gasteiger partial charge in [0.15, 0.2) is 0 Å². The highest BCUT2D eigenvalue weighted by Crippen LogP contribution is 2.34. The van der Waals surface area contributed by atoms with Crippen LogP contribution in [0.5, 0.6) is 0 Å². The Kier molecular flexibility index (Phi) is 4.17. The highest BCUT2D eigenvalue weighted by atomic mass is 19.4. The van der Waals surface area contributed by atoms with E-state index in [1.165, 1.54) is 6.42 Å². The van der Waals surface area contributed by atoms with Crippen LogP contribution >= 0.6 is 0 Å². The van der Waals surface area contributed by atoms with Gasteiger partial charge in [-0.25, -0.2) is 0 Å². The highest BCUT2D eigenvalue weighted by Gasteiger charge is 2.42. The first-order valence-electron chi connectivity index (χ1n) is 6.88. The molecule has 2 nitrogen and oxygen atoms in total. The minimum absolute atomic E-state index is 0.00116. The lowest BCUT2D eigenvalue weighted by Crippen LogP contribution is -2.46. The Morgan fingerprint density at radius 2 is 1.67 bits per heavy atom. The van der Waals surface area contributed by atoms with E-state index in [2.05, 4.69) is 0 Å². The molecule has 1 aliphatic heterocycles. The summed E-state index contributed by atoms with van der Waals surface area (Å²) in [6.07, 6.45) is 2.06. The molecule has 104 valence electrons. The van der Waals surface area contributed by atoms with Crippen LogP contribution in [0.2, 0.25) is 0 Å². The van der Waals surface area contributed by atoms with Crippen molar-refractivity contribution in [1.29, 1.82) is 5.41 Å². The van der Waals surface area contributed by atoms with Gasteiger partial charge in [0.2, 0.25) is 0 Å². The Labute approximate surface area is 106 Å². The van der Waals surface area contributed by atoms with E-state index in [1.807, 2.05) is 0 Å². The van der Waals surface area contributed by atoms with Crippen molar-refractivity contribution in [2.45, 2.75) is 51.1 Å². The summed E-state index contributed by atoms with van der Waals surface area (Å²) < 4.78 is 38.2. The molecule has 0 spiro atoms. The van der Waals surface area contributed by atoms with Crippen molar-refractivity contribution in [2.24, 2.45) is 11.8 Å². The average Bonchev–Trinajstić information content (AvgIpc) is 2.38. The molecule has 2 aliphatic rings. The van der Waals surface area contributed by atoms with Gasteiger partial charge in [-0.2, -0.15) is 13.2 Å². The van der Waals surface area contributed by atoms with Gasteiger partial charge in [-0.15, -0.1) is 0 Å². The van der Waals surface area contributed by atoms with Gasteiger partial charge in [-0.3, -0.25) is 5.41 Å². The Hall–Kier alpha value is -0.740. The molecule has 0 amide bonds. The van der Waals surface area contributed by atoms with Crippen LogP contribution in [0.15, 0.2) is 0 Å². The third kappa shape index (κ3) is 3.18. The molecule has 18 heavy (non-hydrogen) atoms. The number of alkyl halides is 3. The lowest BCUT2D eigenvalue weighted by molar-refractivity contribution is -0.183. The molecule has 1 N–H and O–H groups in total. The number of rotatable bonds is 1. The molecule has 1 atom stereocenters. The van der Waals surface area contributed by atoms with Crippen LogP contribution in [0, 0.1) is 17.2 Å². The molecule has 1 heterocycles. The van der Waals surface area contributed by atoms with E-state index < -0.39 is 12.1 Å². The number of piperidine rings is 1. The monoisotopic (exact) mass is 262 g/mol. The zero-order chi connectivity index (χ0) is 13.2. The predicted molar refractivity (Wildman–Crippen MR) is 64.7 cm³/mol. The number of nitrogens with zero attached hydrogens (tertiary/aromatic N) is 1. The number of hydrogen-bond donors (Lipinski definition) is 1. The summed E-state index contributed by atoms with van der Waals surface area (Å²) >= 11 is 0. The quantitative estimate of drug-likeness (QED) is 0.564. The van der Waals surface area contributed by atoms with E-state index in [-0.39, 0.29) is 18.9 Å². The van der Waals surface area contributed by atoms with E-state index in [1.54, 1.807) is 4.90 Å². The zero-order valence-electron chi connectivity index (χ0n) is 10.6. The van der Waals surface area contributed by atoms with Gasteiger partial charge in [0.05, 0.1) is 11.8 Å². The molecule has 1 saturated heterocycles. The second-order valence-corrected chi connectivity index (χ2v) is 5.55. The summed E-state index contributed by atoms with van der Waals surface area (Å²) in [4.78, 5) is 1.68. The van der Waals surface area contributed by atoms with Crippen LogP contribution in [-0.4, -0.2) is 30.0 Å². The molecule has 1 saturated carbocycles. The number of amidine groups is 1. The summed E-state index contributed by atoms with van der Waals surface area (Å²) in [6.45, 7) is 0.626. The summed E-state index contributed by atoms with van der Waals surface area (Å²) in [5.74, 6) is -0.579. The third-order valence-electron chi connectivity index (χ3n) is 4.22. The zero-order valence-corrected chi connectivity index (χ0v) is 10.6. The fourth-order valence-corrected chi connectivity index (χ4v) is 3.10. The number of halogens is 3. The van der Waals surface area contributed by atoms with Gasteiger partial charge >= 0.3 is 6.18 Å². The fraction of sp³-hybridized carbons (Fsp3) is 0.923. The summed E-state index contributed by atoms with van der Waals surface area (Å²) in [7, 11) is 0. The number of likely N-dealkylation sites (tertiary alicyclic amines) is 1. The van der Waals surface area contributed by atoms with Crippen molar-refractivity contribution >= 4 is 5.84 Å². The van der Waals surface area contributed by atoms with Gasteiger partial charge in [-0.1, -0.05) is 19.3 Å². The van der Waals surface area contributed by atoms with Crippen LogP contribution in [-0.2, 0) is 0 Å². The first kappa shape index (κ1) is 13.7. The lowest BCUT2D eigenvalue weighted by atomic mass is 9.86. The molecule has 2 rings (SSSR count). The maximum absolute atomic E-state index is 12.7. The predicted octanol–water partition coefficient (Wildman–Crippen LogP) is 3.82. The SMILES string of the molecule is N=C(C1CCCCC1)N1CCCC(C(F)(F)F)C1. The molecule has 1 aliphatic carbocycles. The van der Waals surface area contributed by atoms with Gasteiger partial charge in [0.1, 0.15) is 0 Å². The maximum Gasteiger partial charge on any atom is 0.393 e. The van der Waals surface area contributed by atoms with Gasteiger partial charge in [-0.05, 0) is 25.7 Å². The normalized spacial score (nSPS) is 27.3. The first-order chi connectivity index (χ1) is 8.48. The molecule has 5 heteroatoms. The number of nitrogens with one attached hydrogen (secondary N) is 1. The standard InChI is InChI=1S/C13H21F3N2/c14-13(15,16)11-7-4-8-18(9-11)12(17)10-5-2-1-3-6-10/h10-11,17H,1-9H2. The molecule has 0 aromatic heterocycles. The van der Waals surface area contributed by atoms with Crippen LogP contribution in [0.4, 0.5) is 13.2 Å². The van der Waals surface area contributed by atoms with Crippen molar-refractivity contribution < 1.29 is 13.2 Å². The Morgan fingerprint density at radius 1 is 1.00 bits per heavy atom. The minimum atomic E-state index is -4.11. The molecule has 1 unspecified atom stereocenters. The van der Waals surface area contributed by atoms with E-state index >= 15 is 0 Å². The van der Waals surface area contributed by atoms with Crippen molar-refractivity contribution in [3.8, 4) is 0 Å². The second kappa shape index (κ2) is 5.49. The Morgan fingerprint density at radius 3 is 2.28 bits per heavy atom. The Bertz CT molecular complexity index is 295. The van der Waals surface area contributed by atoms with Crippen LogP contribution in [0.1, 0.15) is 44.9 Å². The van der Waals surface area contributed by atoms with Gasteiger partial charge in [0, 0.05) is 19.0 Å². The van der Waals surface area contributed by atoms with Crippen LogP contribution in [0.3, 0.4) is 0 Å². The topological polar surface area (TPSA) is 27.1 Å². The molecule has 0 aromatic rings. The summed E-state index contributed by atoms with van der Waals surface area (Å²) in [5, 5.41) is 8.13. The van der Waals surface area contributed by atoms with Crippen molar-refractivity contribution in [2.75, 3.05) is 13.1 Å². The van der Waals surface area contributed by atoms with Gasteiger partial charge in [0.25, 0.3) is 0 Å². The van der Waals surface area contributed by atoms with E-state index in [4.69, 9.17) is 5.41 Å². The van der Waals surface area contributed by atoms with Crippen LogP contribution < -0.4 is 0 Å². The second-order valence-electron chi connectivity index (χ2n) is 5.55. The van der Waals surface area contributed by atoms with E-state index in [0.29, 0.717) is 18.8 Å². The average molecular weight is 262 g/mol. The maximum atomic E-state index is 12.7. The van der Waals surface area contributed by atoms with Crippen LogP contribution in [0.25, 0.3) is 0 Å². The molecule has 0 aromatic carbocycles. The summed E-state index contributed by atoms with van der Waals surface area (Å²) in [5.41, 5.74) is 0. The smallest absolute Gasteiger partial charge is 0.360 e.